The molecule has 2 aromatic rings. The number of rotatable bonds is 7. The Labute approximate surface area is 209 Å². The van der Waals surface area contributed by atoms with Crippen molar-refractivity contribution in [1.29, 1.82) is 0 Å². The molecule has 36 heavy (non-hydrogen) atoms. The van der Waals surface area contributed by atoms with Gasteiger partial charge >= 0.3 is 12.1 Å². The molecule has 0 aliphatic carbocycles. The molecule has 2 aromatic carbocycles. The van der Waals surface area contributed by atoms with Crippen LogP contribution in [-0.4, -0.2) is 51.6 Å². The molecule has 1 heterocycles. The van der Waals surface area contributed by atoms with E-state index in [2.05, 4.69) is 5.32 Å². The van der Waals surface area contributed by atoms with Crippen molar-refractivity contribution in [1.82, 2.24) is 10.2 Å². The Hall–Kier alpha value is -4.14. The van der Waals surface area contributed by atoms with Crippen molar-refractivity contribution in [3.05, 3.63) is 83.1 Å². The third kappa shape index (κ3) is 6.50. The highest BCUT2D eigenvalue weighted by molar-refractivity contribution is 6.23. The number of hydrogen-bond acceptors (Lipinski definition) is 7. The lowest BCUT2D eigenvalue weighted by molar-refractivity contribution is -0.147. The minimum atomic E-state index is -1.17. The Kier molecular flexibility index (Phi) is 8.14. The smallest absolute Gasteiger partial charge is 0.408 e. The number of aliphatic hydroxyl groups is 1. The largest absolute Gasteiger partial charge is 0.509 e. The number of nitrogens with zero attached hydrogens (tertiary/aromatic N) is 1. The number of esters is 1. The summed E-state index contributed by atoms with van der Waals surface area (Å²) in [7, 11) is 0. The Morgan fingerprint density at radius 3 is 2.11 bits per heavy atom. The van der Waals surface area contributed by atoms with Crippen LogP contribution in [-0.2, 0) is 36.9 Å². The Bertz CT molecular complexity index is 1150. The Morgan fingerprint density at radius 1 is 1.00 bits per heavy atom. The van der Waals surface area contributed by atoms with E-state index in [1.54, 1.807) is 75.4 Å². The zero-order chi connectivity index (χ0) is 26.5. The normalized spacial score (nSPS) is 16.5. The lowest BCUT2D eigenvalue weighted by Crippen LogP contribution is -2.52. The van der Waals surface area contributed by atoms with E-state index >= 15 is 0 Å². The predicted molar refractivity (Wildman–Crippen MR) is 131 cm³/mol. The second kappa shape index (κ2) is 11.1. The van der Waals surface area contributed by atoms with Crippen molar-refractivity contribution in [2.45, 2.75) is 58.4 Å². The monoisotopic (exact) mass is 494 g/mol. The van der Waals surface area contributed by atoms with Crippen LogP contribution in [0, 0.1) is 0 Å². The van der Waals surface area contributed by atoms with Crippen molar-refractivity contribution < 1.29 is 33.8 Å². The average molecular weight is 495 g/mol. The van der Waals surface area contributed by atoms with Gasteiger partial charge in [0.25, 0.3) is 11.8 Å². The summed E-state index contributed by atoms with van der Waals surface area (Å²) in [5.41, 5.74) is 0.0260. The Morgan fingerprint density at radius 2 is 1.56 bits per heavy atom. The second-order valence-corrected chi connectivity index (χ2v) is 9.41. The van der Waals surface area contributed by atoms with Gasteiger partial charge in [0.05, 0.1) is 0 Å². The van der Waals surface area contributed by atoms with Gasteiger partial charge in [-0.25, -0.2) is 9.59 Å². The quantitative estimate of drug-likeness (QED) is 0.447. The fourth-order valence-corrected chi connectivity index (χ4v) is 3.68. The molecule has 9 nitrogen and oxygen atoms in total. The SMILES string of the molecule is C[C@H](NC(=O)OC(C)(C)C)C(=O)N1C(=O)C(C(=O)OCc2ccccc2)=C(O)[C@@H]1Cc1ccccc1. The molecule has 9 heteroatoms. The summed E-state index contributed by atoms with van der Waals surface area (Å²) in [6.45, 7) is 6.30. The molecule has 190 valence electrons. The third-order valence-electron chi connectivity index (χ3n) is 5.35. The molecule has 0 unspecified atom stereocenters. The third-order valence-corrected chi connectivity index (χ3v) is 5.35. The van der Waals surface area contributed by atoms with Gasteiger partial charge in [0, 0.05) is 6.42 Å². The number of alkyl carbamates (subject to hydrolysis) is 1. The fraction of sp³-hybridized carbons (Fsp3) is 0.333. The lowest BCUT2D eigenvalue weighted by Gasteiger charge is -2.27. The van der Waals surface area contributed by atoms with Gasteiger partial charge in [0.15, 0.2) is 5.57 Å². The number of carbonyl (C=O) groups excluding carboxylic acids is 4. The molecule has 0 radical (unpaired) electrons. The first-order valence-corrected chi connectivity index (χ1v) is 11.5. The number of aliphatic hydroxyl groups excluding tert-OH is 1. The molecule has 1 aliphatic heterocycles. The van der Waals surface area contributed by atoms with Crippen molar-refractivity contribution in [2.75, 3.05) is 0 Å². The Balaban J connectivity index is 1.84. The van der Waals surface area contributed by atoms with Crippen molar-refractivity contribution in [2.24, 2.45) is 0 Å². The van der Waals surface area contributed by atoms with Crippen LogP contribution in [0.4, 0.5) is 4.79 Å². The standard InChI is InChI=1S/C27H30N2O7/c1-17(28-26(34)36-27(2,3)4)23(31)29-20(15-18-11-7-5-8-12-18)22(30)21(24(29)32)25(33)35-16-19-13-9-6-10-14-19/h5-14,17,20,30H,15-16H2,1-4H3,(H,28,34)/t17-,20-/m0/s1. The van der Waals surface area contributed by atoms with Gasteiger partial charge in [-0.3, -0.25) is 14.5 Å². The average Bonchev–Trinajstić information content (AvgIpc) is 3.06. The molecule has 0 fully saturated rings. The van der Waals surface area contributed by atoms with Gasteiger partial charge < -0.3 is 19.9 Å². The lowest BCUT2D eigenvalue weighted by atomic mass is 10.0. The number of hydrogen-bond donors (Lipinski definition) is 2. The molecular formula is C27H30N2O7. The van der Waals surface area contributed by atoms with E-state index in [1.807, 2.05) is 6.07 Å². The maximum Gasteiger partial charge on any atom is 0.408 e. The minimum absolute atomic E-state index is 0.0682. The highest BCUT2D eigenvalue weighted by Gasteiger charge is 2.47. The molecule has 0 bridgehead atoms. The first-order chi connectivity index (χ1) is 17.0. The molecule has 1 aliphatic rings. The van der Waals surface area contributed by atoms with E-state index in [1.165, 1.54) is 6.92 Å². The van der Waals surface area contributed by atoms with Gasteiger partial charge in [-0.05, 0) is 38.8 Å². The van der Waals surface area contributed by atoms with Crippen LogP contribution >= 0.6 is 0 Å². The number of amides is 3. The van der Waals surface area contributed by atoms with E-state index < -0.39 is 52.9 Å². The van der Waals surface area contributed by atoms with Gasteiger partial charge in [-0.1, -0.05) is 60.7 Å². The zero-order valence-electron chi connectivity index (χ0n) is 20.7. The minimum Gasteiger partial charge on any atom is -0.509 e. The molecule has 0 spiro atoms. The zero-order valence-corrected chi connectivity index (χ0v) is 20.7. The number of ether oxygens (including phenoxy) is 2. The molecule has 0 saturated carbocycles. The highest BCUT2D eigenvalue weighted by Crippen LogP contribution is 2.29. The molecule has 0 aromatic heterocycles. The first kappa shape index (κ1) is 26.5. The van der Waals surface area contributed by atoms with Crippen LogP contribution in [0.1, 0.15) is 38.8 Å². The topological polar surface area (TPSA) is 122 Å². The van der Waals surface area contributed by atoms with Crippen LogP contribution in [0.2, 0.25) is 0 Å². The molecule has 3 amide bonds. The molecular weight excluding hydrogens is 464 g/mol. The van der Waals surface area contributed by atoms with Gasteiger partial charge in [0.2, 0.25) is 0 Å². The predicted octanol–water partition coefficient (Wildman–Crippen LogP) is 3.44. The molecule has 3 rings (SSSR count). The van der Waals surface area contributed by atoms with Crippen LogP contribution < -0.4 is 5.32 Å². The summed E-state index contributed by atoms with van der Waals surface area (Å²) < 4.78 is 10.4. The second-order valence-electron chi connectivity index (χ2n) is 9.41. The van der Waals surface area contributed by atoms with E-state index in [0.29, 0.717) is 5.56 Å². The summed E-state index contributed by atoms with van der Waals surface area (Å²) in [6.07, 6.45) is -0.770. The summed E-state index contributed by atoms with van der Waals surface area (Å²) in [4.78, 5) is 52.4. The fourth-order valence-electron chi connectivity index (χ4n) is 3.68. The highest BCUT2D eigenvalue weighted by atomic mass is 16.6. The number of nitrogens with one attached hydrogen (secondary N) is 1. The maximum absolute atomic E-state index is 13.3. The maximum atomic E-state index is 13.3. The van der Waals surface area contributed by atoms with Crippen LogP contribution in [0.3, 0.4) is 0 Å². The number of carbonyl (C=O) groups is 4. The van der Waals surface area contributed by atoms with Crippen LogP contribution in [0.15, 0.2) is 72.0 Å². The summed E-state index contributed by atoms with van der Waals surface area (Å²) in [5.74, 6) is -3.39. The van der Waals surface area contributed by atoms with Crippen LogP contribution in [0.5, 0.6) is 0 Å². The van der Waals surface area contributed by atoms with E-state index in [0.717, 1.165) is 10.5 Å². The van der Waals surface area contributed by atoms with Crippen molar-refractivity contribution in [3.8, 4) is 0 Å². The van der Waals surface area contributed by atoms with Crippen LogP contribution in [0.25, 0.3) is 0 Å². The molecule has 0 saturated heterocycles. The van der Waals surface area contributed by atoms with Gasteiger partial charge in [-0.2, -0.15) is 0 Å². The summed E-state index contributed by atoms with van der Waals surface area (Å²) in [6, 6.07) is 15.4. The van der Waals surface area contributed by atoms with Crippen molar-refractivity contribution >= 4 is 23.9 Å². The van der Waals surface area contributed by atoms with E-state index in [-0.39, 0.29) is 13.0 Å². The van der Waals surface area contributed by atoms with E-state index in [9.17, 15) is 24.3 Å². The molecule has 2 atom stereocenters. The molecule has 2 N–H and O–H groups in total. The number of benzene rings is 2. The number of imide groups is 1. The first-order valence-electron chi connectivity index (χ1n) is 11.5. The van der Waals surface area contributed by atoms with E-state index in [4.69, 9.17) is 9.47 Å². The summed E-state index contributed by atoms with van der Waals surface area (Å²) >= 11 is 0. The van der Waals surface area contributed by atoms with Gasteiger partial charge in [-0.15, -0.1) is 0 Å². The summed E-state index contributed by atoms with van der Waals surface area (Å²) in [5, 5.41) is 13.3. The van der Waals surface area contributed by atoms with Gasteiger partial charge in [0.1, 0.15) is 30.1 Å². The van der Waals surface area contributed by atoms with Crippen molar-refractivity contribution in [3.63, 3.8) is 0 Å².